The first-order valence-corrected chi connectivity index (χ1v) is 9.90. The van der Waals surface area contributed by atoms with Crippen molar-refractivity contribution in [2.45, 2.75) is 19.8 Å². The number of aromatic nitrogens is 1. The highest BCUT2D eigenvalue weighted by atomic mass is 16.5. The minimum Gasteiger partial charge on any atom is -0.493 e. The van der Waals surface area contributed by atoms with Gasteiger partial charge in [0.25, 0.3) is 0 Å². The molecule has 0 spiro atoms. The summed E-state index contributed by atoms with van der Waals surface area (Å²) in [5.74, 6) is 0.0967. The third-order valence-electron chi connectivity index (χ3n) is 5.03. The average molecular weight is 405 g/mol. The number of hydrogen-bond acceptors (Lipinski definition) is 5. The fourth-order valence-electron chi connectivity index (χ4n) is 3.24. The smallest absolute Gasteiger partial charge is 0.337 e. The topological polar surface area (TPSA) is 74.7 Å². The van der Waals surface area contributed by atoms with Crippen LogP contribution in [0.25, 0.3) is 0 Å². The van der Waals surface area contributed by atoms with Crippen LogP contribution in [0.4, 0.5) is 17.1 Å². The van der Waals surface area contributed by atoms with E-state index in [9.17, 15) is 4.79 Å². The molecule has 6 heteroatoms. The number of benzene rings is 2. The molecular weight excluding hydrogens is 378 g/mol. The number of carboxylic acid groups (broad SMARTS) is 1. The highest BCUT2D eigenvalue weighted by Crippen LogP contribution is 2.32. The zero-order valence-electron chi connectivity index (χ0n) is 17.6. The van der Waals surface area contributed by atoms with Crippen molar-refractivity contribution >= 4 is 23.0 Å². The first kappa shape index (κ1) is 21.2. The second-order valence-electron chi connectivity index (χ2n) is 7.12. The molecule has 3 aromatic rings. The lowest BCUT2D eigenvalue weighted by Crippen LogP contribution is -2.12. The Morgan fingerprint density at radius 2 is 1.87 bits per heavy atom. The summed E-state index contributed by atoms with van der Waals surface area (Å²) in [5, 5.41) is 11.4. The van der Waals surface area contributed by atoms with Crippen LogP contribution in [0.3, 0.4) is 0 Å². The van der Waals surface area contributed by atoms with Crippen LogP contribution in [0.1, 0.15) is 27.9 Å². The van der Waals surface area contributed by atoms with Crippen LogP contribution < -0.4 is 15.0 Å². The van der Waals surface area contributed by atoms with Gasteiger partial charge in [-0.05, 0) is 49.6 Å². The van der Waals surface area contributed by atoms with Crippen LogP contribution in [-0.4, -0.2) is 36.8 Å². The van der Waals surface area contributed by atoms with Gasteiger partial charge in [0, 0.05) is 37.7 Å². The van der Waals surface area contributed by atoms with Crippen LogP contribution in [0.2, 0.25) is 0 Å². The van der Waals surface area contributed by atoms with Crippen LogP contribution in [0.15, 0.2) is 60.9 Å². The normalized spacial score (nSPS) is 12.0. The molecule has 0 aliphatic carbocycles. The van der Waals surface area contributed by atoms with Crippen molar-refractivity contribution in [1.29, 1.82) is 0 Å². The molecule has 6 nitrogen and oxygen atoms in total. The molecule has 30 heavy (non-hydrogen) atoms. The second-order valence-corrected chi connectivity index (χ2v) is 7.12. The van der Waals surface area contributed by atoms with E-state index in [1.54, 1.807) is 7.05 Å². The molecule has 0 radical (unpaired) electrons. The first-order valence-electron chi connectivity index (χ1n) is 9.90. The zero-order valence-corrected chi connectivity index (χ0v) is 17.6. The number of aryl methyl sites for hydroxylation is 2. The summed E-state index contributed by atoms with van der Waals surface area (Å²) < 4.78 is 5.74. The number of pyridine rings is 1. The number of aromatic carboxylic acids is 1. The molecule has 0 atom stereocenters. The van der Waals surface area contributed by atoms with Gasteiger partial charge in [0.2, 0.25) is 0 Å². The van der Waals surface area contributed by atoms with Gasteiger partial charge in [0.15, 0.2) is 0 Å². The maximum absolute atomic E-state index is 10.5. The molecule has 4 rings (SSSR count). The Hall–Kier alpha value is -3.54. The number of fused-ring (bicyclic) bond motifs is 1. The Kier molecular flexibility index (Phi) is 6.91. The number of rotatable bonds is 4. The molecule has 1 aliphatic rings. The van der Waals surface area contributed by atoms with E-state index in [0.29, 0.717) is 5.69 Å². The number of carbonyl (C=O) groups is 1. The lowest BCUT2D eigenvalue weighted by molar-refractivity contribution is 0.0698. The summed E-state index contributed by atoms with van der Waals surface area (Å²) in [6.45, 7) is 2.95. The van der Waals surface area contributed by atoms with Gasteiger partial charge in [-0.2, -0.15) is 0 Å². The number of nitrogens with one attached hydrogen (secondary N) is 1. The van der Waals surface area contributed by atoms with Crippen molar-refractivity contribution in [3.8, 4) is 5.75 Å². The Labute approximate surface area is 177 Å². The second kappa shape index (κ2) is 9.78. The van der Waals surface area contributed by atoms with Crippen molar-refractivity contribution < 1.29 is 14.6 Å². The monoisotopic (exact) mass is 405 g/mol. The van der Waals surface area contributed by atoms with Crippen molar-refractivity contribution in [2.75, 3.05) is 30.9 Å². The van der Waals surface area contributed by atoms with E-state index in [-0.39, 0.29) is 5.56 Å². The molecular formula is C24H27N3O3. The summed E-state index contributed by atoms with van der Waals surface area (Å²) >= 11 is 0. The molecule has 1 aliphatic heterocycles. The number of anilines is 3. The highest BCUT2D eigenvalue weighted by Gasteiger charge is 2.12. The largest absolute Gasteiger partial charge is 0.493 e. The molecule has 0 saturated carbocycles. The molecule has 2 aromatic carbocycles. The summed E-state index contributed by atoms with van der Waals surface area (Å²) in [4.78, 5) is 16.5. The van der Waals surface area contributed by atoms with Gasteiger partial charge in [-0.1, -0.05) is 23.8 Å². The van der Waals surface area contributed by atoms with Crippen molar-refractivity contribution in [1.82, 2.24) is 4.98 Å². The van der Waals surface area contributed by atoms with Gasteiger partial charge in [0.05, 0.1) is 24.1 Å². The fraction of sp³-hybridized carbons (Fsp3) is 0.250. The lowest BCUT2D eigenvalue weighted by atomic mass is 10.1. The molecule has 156 valence electrons. The maximum atomic E-state index is 10.5. The number of hydrogen-bond donors (Lipinski definition) is 2. The molecule has 0 unspecified atom stereocenters. The quantitative estimate of drug-likeness (QED) is 0.642. The number of ether oxygens (including phenoxy) is 1. The molecule has 0 saturated heterocycles. The van der Waals surface area contributed by atoms with Crippen LogP contribution in [0.5, 0.6) is 5.75 Å². The summed E-state index contributed by atoms with van der Waals surface area (Å²) in [7, 11) is 3.75. The Morgan fingerprint density at radius 3 is 2.53 bits per heavy atom. The Bertz CT molecular complexity index is 1000. The van der Waals surface area contributed by atoms with E-state index in [1.165, 1.54) is 41.0 Å². The minimum atomic E-state index is -0.947. The van der Waals surface area contributed by atoms with Crippen LogP contribution >= 0.6 is 0 Å². The number of nitrogens with zero attached hydrogens (tertiary/aromatic N) is 2. The van der Waals surface area contributed by atoms with Crippen molar-refractivity contribution in [3.05, 3.63) is 77.6 Å². The predicted octanol–water partition coefficient (Wildman–Crippen LogP) is 4.91. The van der Waals surface area contributed by atoms with E-state index < -0.39 is 5.97 Å². The fourth-order valence-corrected chi connectivity index (χ4v) is 3.24. The molecule has 2 heterocycles. The Morgan fingerprint density at radius 1 is 1.13 bits per heavy atom. The summed E-state index contributed by atoms with van der Waals surface area (Å²) in [6.07, 6.45) is 5.18. The van der Waals surface area contributed by atoms with Gasteiger partial charge in [-0.15, -0.1) is 0 Å². The standard InChI is InChI=1S/C17H19NO.C7H8N2O2/c1-13-5-8-15(9-6-13)18(2)16-10-7-14-4-3-11-19-17(14)12-16;1-8-6-4-9-3-2-5(6)7(10)11/h5-10,12H,3-4,11H2,1-2H3;2-4,8H,1H3,(H,10,11). The van der Waals surface area contributed by atoms with E-state index in [1.807, 2.05) is 0 Å². The summed E-state index contributed by atoms with van der Waals surface area (Å²) in [6, 6.07) is 16.5. The lowest BCUT2D eigenvalue weighted by Gasteiger charge is -2.23. The average Bonchev–Trinajstić information content (AvgIpc) is 2.79. The SMILES string of the molecule is CNc1cnccc1C(=O)O.Cc1ccc(N(C)c2ccc3c(c2)OCCC3)cc1. The number of carboxylic acids is 1. The molecule has 0 amide bonds. The third-order valence-corrected chi connectivity index (χ3v) is 5.03. The van der Waals surface area contributed by atoms with Crippen molar-refractivity contribution in [3.63, 3.8) is 0 Å². The van der Waals surface area contributed by atoms with Gasteiger partial charge >= 0.3 is 5.97 Å². The van der Waals surface area contributed by atoms with Gasteiger partial charge in [-0.3, -0.25) is 4.98 Å². The van der Waals surface area contributed by atoms with Gasteiger partial charge in [-0.25, -0.2) is 4.79 Å². The third kappa shape index (κ3) is 5.08. The highest BCUT2D eigenvalue weighted by molar-refractivity contribution is 5.93. The summed E-state index contributed by atoms with van der Waals surface area (Å²) in [5.41, 5.74) is 5.74. The zero-order chi connectivity index (χ0) is 21.5. The van der Waals surface area contributed by atoms with E-state index in [4.69, 9.17) is 9.84 Å². The van der Waals surface area contributed by atoms with Gasteiger partial charge < -0.3 is 20.1 Å². The van der Waals surface area contributed by atoms with E-state index in [0.717, 1.165) is 25.2 Å². The molecule has 0 fully saturated rings. The molecule has 2 N–H and O–H groups in total. The first-order chi connectivity index (χ1) is 14.5. The molecule has 0 bridgehead atoms. The van der Waals surface area contributed by atoms with Crippen LogP contribution in [-0.2, 0) is 6.42 Å². The minimum absolute atomic E-state index is 0.238. The van der Waals surface area contributed by atoms with E-state index in [2.05, 4.69) is 71.6 Å². The molecule has 1 aromatic heterocycles. The van der Waals surface area contributed by atoms with Crippen molar-refractivity contribution in [2.24, 2.45) is 0 Å². The van der Waals surface area contributed by atoms with Crippen LogP contribution in [0, 0.1) is 6.92 Å². The predicted molar refractivity (Wildman–Crippen MR) is 120 cm³/mol. The maximum Gasteiger partial charge on any atom is 0.337 e. The Balaban J connectivity index is 0.000000199. The van der Waals surface area contributed by atoms with Gasteiger partial charge in [0.1, 0.15) is 5.75 Å². The van der Waals surface area contributed by atoms with E-state index >= 15 is 0 Å².